The fraction of sp³-hybridized carbons (Fsp3) is 0.200. The van der Waals surface area contributed by atoms with Crippen molar-refractivity contribution in [1.82, 2.24) is 9.88 Å². The number of hydrogen-bond acceptors (Lipinski definition) is 3. The van der Waals surface area contributed by atoms with E-state index in [2.05, 4.69) is 10.3 Å². The Morgan fingerprint density at radius 3 is 2.71 bits per heavy atom. The summed E-state index contributed by atoms with van der Waals surface area (Å²) in [6.45, 7) is 0.483. The number of carbonyl (C=O) groups is 1. The first-order valence-corrected chi connectivity index (χ1v) is 6.72. The first-order chi connectivity index (χ1) is 10.1. The number of nitrogens with zero attached hydrogens (tertiary/aromatic N) is 2. The molecule has 0 saturated heterocycles. The smallest absolute Gasteiger partial charge is 0.321 e. The molecule has 2 amide bonds. The topological polar surface area (TPSA) is 54.5 Å². The van der Waals surface area contributed by atoms with Crippen LogP contribution in [-0.2, 0) is 6.54 Å². The molecule has 2 rings (SSSR count). The van der Waals surface area contributed by atoms with E-state index in [4.69, 9.17) is 16.3 Å². The minimum Gasteiger partial charge on any atom is -0.495 e. The van der Waals surface area contributed by atoms with Crippen molar-refractivity contribution >= 4 is 23.3 Å². The van der Waals surface area contributed by atoms with Crippen molar-refractivity contribution in [2.75, 3.05) is 19.5 Å². The van der Waals surface area contributed by atoms with Gasteiger partial charge in [-0.15, -0.1) is 0 Å². The average molecular weight is 306 g/mol. The van der Waals surface area contributed by atoms with Crippen molar-refractivity contribution in [2.45, 2.75) is 6.54 Å². The van der Waals surface area contributed by atoms with Crippen LogP contribution in [0.15, 0.2) is 42.7 Å². The van der Waals surface area contributed by atoms with Crippen molar-refractivity contribution in [3.05, 3.63) is 53.3 Å². The Morgan fingerprint density at radius 1 is 1.33 bits per heavy atom. The van der Waals surface area contributed by atoms with Gasteiger partial charge in [0, 0.05) is 31.0 Å². The van der Waals surface area contributed by atoms with Gasteiger partial charge < -0.3 is 15.0 Å². The first kappa shape index (κ1) is 15.1. The van der Waals surface area contributed by atoms with Gasteiger partial charge in [-0.05, 0) is 35.9 Å². The summed E-state index contributed by atoms with van der Waals surface area (Å²) in [7, 11) is 3.26. The van der Waals surface area contributed by atoms with Crippen molar-refractivity contribution in [3.63, 3.8) is 0 Å². The van der Waals surface area contributed by atoms with Crippen molar-refractivity contribution in [2.24, 2.45) is 0 Å². The summed E-state index contributed by atoms with van der Waals surface area (Å²) in [5.74, 6) is 0.560. The number of methoxy groups -OCH3 is 1. The molecule has 0 unspecified atom stereocenters. The highest BCUT2D eigenvalue weighted by molar-refractivity contribution is 6.31. The molecule has 0 saturated carbocycles. The third-order valence-corrected chi connectivity index (χ3v) is 3.15. The van der Waals surface area contributed by atoms with Crippen molar-refractivity contribution in [3.8, 4) is 5.75 Å². The van der Waals surface area contributed by atoms with Crippen LogP contribution in [-0.4, -0.2) is 30.1 Å². The second kappa shape index (κ2) is 6.95. The van der Waals surface area contributed by atoms with Gasteiger partial charge in [0.25, 0.3) is 0 Å². The Hall–Kier alpha value is -2.27. The molecule has 0 radical (unpaired) electrons. The zero-order valence-electron chi connectivity index (χ0n) is 11.8. The van der Waals surface area contributed by atoms with Gasteiger partial charge >= 0.3 is 6.03 Å². The molecule has 0 aliphatic rings. The molecule has 1 N–H and O–H groups in total. The Bertz CT molecular complexity index is 620. The summed E-state index contributed by atoms with van der Waals surface area (Å²) in [4.78, 5) is 17.7. The molecule has 1 aromatic carbocycles. The molecular weight excluding hydrogens is 290 g/mol. The van der Waals surface area contributed by atoms with Crippen LogP contribution >= 0.6 is 11.6 Å². The van der Waals surface area contributed by atoms with Crippen LogP contribution in [0.5, 0.6) is 5.75 Å². The van der Waals surface area contributed by atoms with Gasteiger partial charge in [-0.25, -0.2) is 4.79 Å². The van der Waals surface area contributed by atoms with E-state index in [0.717, 1.165) is 5.56 Å². The normalized spacial score (nSPS) is 10.0. The number of halogens is 1. The van der Waals surface area contributed by atoms with E-state index in [1.165, 1.54) is 0 Å². The molecular formula is C15H16ClN3O2. The standard InChI is InChI=1S/C15H16ClN3O2/c1-19(10-11-5-7-17-8-6-11)15(20)18-13-9-12(16)3-4-14(13)21-2/h3-9H,10H2,1-2H3,(H,18,20). The highest BCUT2D eigenvalue weighted by Crippen LogP contribution is 2.27. The van der Waals surface area contributed by atoms with E-state index in [-0.39, 0.29) is 6.03 Å². The fourth-order valence-corrected chi connectivity index (χ4v) is 1.99. The number of amides is 2. The van der Waals surface area contributed by atoms with Crippen LogP contribution in [0.25, 0.3) is 0 Å². The second-order valence-corrected chi connectivity index (χ2v) is 4.92. The third-order valence-electron chi connectivity index (χ3n) is 2.92. The molecule has 6 heteroatoms. The molecule has 0 aliphatic heterocycles. The zero-order valence-corrected chi connectivity index (χ0v) is 12.6. The Labute approximate surface area is 128 Å². The minimum absolute atomic E-state index is 0.243. The predicted octanol–water partition coefficient (Wildman–Crippen LogP) is 3.41. The predicted molar refractivity (Wildman–Crippen MR) is 82.7 cm³/mol. The summed E-state index contributed by atoms with van der Waals surface area (Å²) >= 11 is 5.94. The second-order valence-electron chi connectivity index (χ2n) is 4.49. The fourth-order valence-electron chi connectivity index (χ4n) is 1.82. The maximum Gasteiger partial charge on any atom is 0.321 e. The Balaban J connectivity index is 2.05. The van der Waals surface area contributed by atoms with Gasteiger partial charge in [0.2, 0.25) is 0 Å². The number of aromatic nitrogens is 1. The van der Waals surface area contributed by atoms with Gasteiger partial charge in [0.05, 0.1) is 12.8 Å². The number of anilines is 1. The zero-order chi connectivity index (χ0) is 15.2. The maximum absolute atomic E-state index is 12.2. The van der Waals surface area contributed by atoms with E-state index < -0.39 is 0 Å². The van der Waals surface area contributed by atoms with Crippen LogP contribution in [0.4, 0.5) is 10.5 Å². The third kappa shape index (κ3) is 4.10. The summed E-state index contributed by atoms with van der Waals surface area (Å²) < 4.78 is 5.20. The van der Waals surface area contributed by atoms with E-state index >= 15 is 0 Å². The minimum atomic E-state index is -0.243. The lowest BCUT2D eigenvalue weighted by atomic mass is 10.2. The van der Waals surface area contributed by atoms with Gasteiger partial charge in [-0.2, -0.15) is 0 Å². The molecule has 0 fully saturated rings. The molecule has 5 nitrogen and oxygen atoms in total. The number of pyridine rings is 1. The maximum atomic E-state index is 12.2. The van der Waals surface area contributed by atoms with Crippen molar-refractivity contribution < 1.29 is 9.53 Å². The van der Waals surface area contributed by atoms with Crippen molar-refractivity contribution in [1.29, 1.82) is 0 Å². The molecule has 1 heterocycles. The van der Waals surface area contributed by atoms with E-state index in [9.17, 15) is 4.79 Å². The van der Waals surface area contributed by atoms with Crippen LogP contribution in [0.2, 0.25) is 5.02 Å². The van der Waals surface area contributed by atoms with E-state index in [1.54, 1.807) is 49.7 Å². The van der Waals surface area contributed by atoms with Gasteiger partial charge in [-0.3, -0.25) is 4.98 Å². The summed E-state index contributed by atoms with van der Waals surface area (Å²) in [5.41, 5.74) is 1.54. The lowest BCUT2D eigenvalue weighted by Gasteiger charge is -2.19. The lowest BCUT2D eigenvalue weighted by molar-refractivity contribution is 0.220. The number of ether oxygens (including phenoxy) is 1. The molecule has 0 aliphatic carbocycles. The highest BCUT2D eigenvalue weighted by Gasteiger charge is 2.12. The molecule has 0 bridgehead atoms. The lowest BCUT2D eigenvalue weighted by Crippen LogP contribution is -2.31. The van der Waals surface area contributed by atoms with E-state index in [1.807, 2.05) is 12.1 Å². The van der Waals surface area contributed by atoms with Gasteiger partial charge in [0.1, 0.15) is 5.75 Å². The molecule has 2 aromatic rings. The largest absolute Gasteiger partial charge is 0.495 e. The quantitative estimate of drug-likeness (QED) is 0.942. The van der Waals surface area contributed by atoms with Gasteiger partial charge in [-0.1, -0.05) is 11.6 Å². The first-order valence-electron chi connectivity index (χ1n) is 6.34. The molecule has 21 heavy (non-hydrogen) atoms. The molecule has 0 atom stereocenters. The Morgan fingerprint density at radius 2 is 2.05 bits per heavy atom. The monoisotopic (exact) mass is 305 g/mol. The van der Waals surface area contributed by atoms with E-state index in [0.29, 0.717) is 23.0 Å². The van der Waals surface area contributed by atoms with Crippen LogP contribution in [0, 0.1) is 0 Å². The summed E-state index contributed by atoms with van der Waals surface area (Å²) in [6.07, 6.45) is 3.39. The molecule has 0 spiro atoms. The summed E-state index contributed by atoms with van der Waals surface area (Å²) in [6, 6.07) is 8.55. The summed E-state index contributed by atoms with van der Waals surface area (Å²) in [5, 5.41) is 3.31. The number of nitrogens with one attached hydrogen (secondary N) is 1. The average Bonchev–Trinajstić information content (AvgIpc) is 2.48. The number of rotatable bonds is 4. The van der Waals surface area contributed by atoms with Crippen LogP contribution < -0.4 is 10.1 Å². The number of benzene rings is 1. The molecule has 110 valence electrons. The van der Waals surface area contributed by atoms with Crippen LogP contribution in [0.1, 0.15) is 5.56 Å². The molecule has 1 aromatic heterocycles. The van der Waals surface area contributed by atoms with Gasteiger partial charge in [0.15, 0.2) is 0 Å². The number of hydrogen-bond donors (Lipinski definition) is 1. The van der Waals surface area contributed by atoms with Crippen LogP contribution in [0.3, 0.4) is 0 Å². The number of carbonyl (C=O) groups excluding carboxylic acids is 1. The number of urea groups is 1. The SMILES string of the molecule is COc1ccc(Cl)cc1NC(=O)N(C)Cc1ccncc1. The Kier molecular flexibility index (Phi) is 5.00. The highest BCUT2D eigenvalue weighted by atomic mass is 35.5.